The van der Waals surface area contributed by atoms with E-state index in [4.69, 9.17) is 0 Å². The minimum atomic E-state index is 0.227. The summed E-state index contributed by atoms with van der Waals surface area (Å²) in [5.41, 5.74) is 2.19. The predicted molar refractivity (Wildman–Crippen MR) is 82.4 cm³/mol. The third kappa shape index (κ3) is 3.15. The highest BCUT2D eigenvalue weighted by molar-refractivity contribution is 7.11. The fourth-order valence-corrected chi connectivity index (χ4v) is 3.85. The first-order chi connectivity index (χ1) is 10.1. The number of aryl methyl sites for hydroxylation is 2. The molecule has 1 aliphatic heterocycles. The Kier molecular flexibility index (Phi) is 4.05. The van der Waals surface area contributed by atoms with Crippen molar-refractivity contribution in [2.75, 3.05) is 13.1 Å². The molecule has 3 heterocycles. The van der Waals surface area contributed by atoms with Crippen molar-refractivity contribution in [2.24, 2.45) is 0 Å². The highest BCUT2D eigenvalue weighted by Gasteiger charge is 2.25. The number of hydrogen-bond donors (Lipinski definition) is 1. The van der Waals surface area contributed by atoms with E-state index in [2.05, 4.69) is 15.2 Å². The van der Waals surface area contributed by atoms with Gasteiger partial charge in [-0.2, -0.15) is 5.10 Å². The minimum absolute atomic E-state index is 0.227. The molecule has 1 aliphatic rings. The van der Waals surface area contributed by atoms with Crippen LogP contribution < -0.4 is 0 Å². The van der Waals surface area contributed by atoms with E-state index < -0.39 is 0 Å². The third-order valence-electron chi connectivity index (χ3n) is 4.12. The van der Waals surface area contributed by atoms with Gasteiger partial charge in [0.15, 0.2) is 0 Å². The van der Waals surface area contributed by atoms with Crippen LogP contribution in [0.4, 0.5) is 0 Å². The molecule has 1 fully saturated rings. The number of aromatic amines is 1. The second-order valence-corrected chi connectivity index (χ2v) is 6.87. The second kappa shape index (κ2) is 5.97. The summed E-state index contributed by atoms with van der Waals surface area (Å²) in [7, 11) is 0. The fourth-order valence-electron chi connectivity index (χ4n) is 2.92. The molecular weight excluding hydrogens is 284 g/mol. The zero-order valence-corrected chi connectivity index (χ0v) is 13.2. The number of carbonyl (C=O) groups excluding carboxylic acids is 1. The van der Waals surface area contributed by atoms with Crippen LogP contribution in [0.5, 0.6) is 0 Å². The molecule has 0 aromatic carbocycles. The molecule has 0 aliphatic carbocycles. The number of thiazole rings is 1. The van der Waals surface area contributed by atoms with Crippen LogP contribution in [0.25, 0.3) is 0 Å². The van der Waals surface area contributed by atoms with E-state index in [0.717, 1.165) is 41.5 Å². The number of nitrogens with one attached hydrogen (secondary N) is 1. The summed E-state index contributed by atoms with van der Waals surface area (Å²) in [5, 5.41) is 8.08. The number of amides is 1. The van der Waals surface area contributed by atoms with E-state index >= 15 is 0 Å². The molecule has 0 bridgehead atoms. The molecule has 21 heavy (non-hydrogen) atoms. The van der Waals surface area contributed by atoms with Crippen LogP contribution in [0.1, 0.15) is 40.0 Å². The van der Waals surface area contributed by atoms with Crippen molar-refractivity contribution in [3.05, 3.63) is 33.5 Å². The van der Waals surface area contributed by atoms with Crippen LogP contribution in [0.3, 0.4) is 0 Å². The van der Waals surface area contributed by atoms with Crippen molar-refractivity contribution in [1.82, 2.24) is 20.1 Å². The first-order valence-electron chi connectivity index (χ1n) is 7.33. The summed E-state index contributed by atoms with van der Waals surface area (Å²) >= 11 is 1.63. The lowest BCUT2D eigenvalue weighted by Gasteiger charge is -2.31. The Labute approximate surface area is 128 Å². The number of aromatic nitrogens is 3. The largest absolute Gasteiger partial charge is 0.342 e. The maximum absolute atomic E-state index is 12.4. The van der Waals surface area contributed by atoms with Gasteiger partial charge in [-0.1, -0.05) is 0 Å². The van der Waals surface area contributed by atoms with Gasteiger partial charge in [-0.25, -0.2) is 4.98 Å². The van der Waals surface area contributed by atoms with E-state index in [1.807, 2.05) is 24.8 Å². The van der Waals surface area contributed by atoms with Gasteiger partial charge in [0.05, 0.1) is 17.1 Å². The average molecular weight is 304 g/mol. The zero-order chi connectivity index (χ0) is 14.8. The highest BCUT2D eigenvalue weighted by Crippen LogP contribution is 2.27. The average Bonchev–Trinajstić information content (AvgIpc) is 3.10. The molecule has 5 nitrogen and oxygen atoms in total. The van der Waals surface area contributed by atoms with Crippen molar-refractivity contribution in [3.63, 3.8) is 0 Å². The summed E-state index contributed by atoms with van der Waals surface area (Å²) < 4.78 is 0. The molecule has 1 N–H and O–H groups in total. The van der Waals surface area contributed by atoms with Gasteiger partial charge >= 0.3 is 0 Å². The van der Waals surface area contributed by atoms with Crippen LogP contribution in [-0.2, 0) is 11.2 Å². The molecule has 0 saturated carbocycles. The predicted octanol–water partition coefficient (Wildman–Crippen LogP) is 2.43. The summed E-state index contributed by atoms with van der Waals surface area (Å²) in [6.45, 7) is 5.64. The molecule has 0 unspecified atom stereocenters. The van der Waals surface area contributed by atoms with Crippen LogP contribution in [-0.4, -0.2) is 39.1 Å². The Morgan fingerprint density at radius 3 is 2.76 bits per heavy atom. The Bertz CT molecular complexity index is 612. The minimum Gasteiger partial charge on any atom is -0.342 e. The Morgan fingerprint density at radius 2 is 2.19 bits per heavy atom. The molecule has 1 saturated heterocycles. The number of hydrogen-bond acceptors (Lipinski definition) is 4. The summed E-state index contributed by atoms with van der Waals surface area (Å²) in [5.74, 6) is 0.730. The van der Waals surface area contributed by atoms with Crippen molar-refractivity contribution in [1.29, 1.82) is 0 Å². The van der Waals surface area contributed by atoms with Gasteiger partial charge in [0.1, 0.15) is 0 Å². The second-order valence-electron chi connectivity index (χ2n) is 5.59. The van der Waals surface area contributed by atoms with Gasteiger partial charge in [0.25, 0.3) is 0 Å². The number of likely N-dealkylation sites (tertiary alicyclic amines) is 1. The van der Waals surface area contributed by atoms with Crippen LogP contribution in [0.2, 0.25) is 0 Å². The molecule has 112 valence electrons. The number of H-pyrrole nitrogens is 1. The quantitative estimate of drug-likeness (QED) is 0.947. The van der Waals surface area contributed by atoms with Gasteiger partial charge in [-0.05, 0) is 32.8 Å². The topological polar surface area (TPSA) is 61.9 Å². The van der Waals surface area contributed by atoms with E-state index in [1.54, 1.807) is 17.5 Å². The van der Waals surface area contributed by atoms with Gasteiger partial charge in [0, 0.05) is 35.8 Å². The molecule has 1 amide bonds. The summed E-state index contributed by atoms with van der Waals surface area (Å²) in [4.78, 5) is 19.9. The normalized spacial score (nSPS) is 16.4. The summed E-state index contributed by atoms with van der Waals surface area (Å²) in [6, 6.07) is 2.03. The smallest absolute Gasteiger partial charge is 0.227 e. The van der Waals surface area contributed by atoms with Crippen molar-refractivity contribution >= 4 is 17.2 Å². The van der Waals surface area contributed by atoms with Gasteiger partial charge in [-0.3, -0.25) is 9.89 Å². The molecule has 6 heteroatoms. The first kappa shape index (κ1) is 14.3. The van der Waals surface area contributed by atoms with E-state index in [1.165, 1.54) is 5.69 Å². The lowest BCUT2D eigenvalue weighted by molar-refractivity contribution is -0.131. The van der Waals surface area contributed by atoms with Crippen molar-refractivity contribution < 1.29 is 4.79 Å². The number of carbonyl (C=O) groups is 1. The number of nitrogens with zero attached hydrogens (tertiary/aromatic N) is 3. The molecule has 0 radical (unpaired) electrons. The van der Waals surface area contributed by atoms with E-state index in [9.17, 15) is 4.79 Å². The van der Waals surface area contributed by atoms with E-state index in [0.29, 0.717) is 12.3 Å². The maximum Gasteiger partial charge on any atom is 0.227 e. The summed E-state index contributed by atoms with van der Waals surface area (Å²) in [6.07, 6.45) is 4.30. The van der Waals surface area contributed by atoms with Crippen LogP contribution in [0.15, 0.2) is 12.3 Å². The lowest BCUT2D eigenvalue weighted by atomic mass is 9.93. The monoisotopic (exact) mass is 304 g/mol. The van der Waals surface area contributed by atoms with Crippen LogP contribution in [0, 0.1) is 13.8 Å². The van der Waals surface area contributed by atoms with Crippen molar-refractivity contribution in [2.45, 2.75) is 39.0 Å². The van der Waals surface area contributed by atoms with Gasteiger partial charge in [0.2, 0.25) is 5.91 Å². The Hall–Kier alpha value is -1.69. The maximum atomic E-state index is 12.4. The van der Waals surface area contributed by atoms with Crippen molar-refractivity contribution in [3.8, 4) is 0 Å². The highest BCUT2D eigenvalue weighted by atomic mass is 32.1. The third-order valence-corrected chi connectivity index (χ3v) is 5.19. The zero-order valence-electron chi connectivity index (χ0n) is 12.4. The molecule has 0 spiro atoms. The van der Waals surface area contributed by atoms with E-state index in [-0.39, 0.29) is 5.91 Å². The Morgan fingerprint density at radius 1 is 1.43 bits per heavy atom. The molecule has 3 rings (SSSR count). The number of rotatable bonds is 3. The van der Waals surface area contributed by atoms with Gasteiger partial charge in [-0.15, -0.1) is 11.3 Å². The number of piperidine rings is 1. The lowest BCUT2D eigenvalue weighted by Crippen LogP contribution is -2.38. The SMILES string of the molecule is Cc1nc(C)c(CC(=O)N2CCC(c3ccn[nH]3)CC2)s1. The van der Waals surface area contributed by atoms with Gasteiger partial charge < -0.3 is 4.90 Å². The fraction of sp³-hybridized carbons (Fsp3) is 0.533. The molecular formula is C15H20N4OS. The van der Waals surface area contributed by atoms with Crippen LogP contribution >= 0.6 is 11.3 Å². The Balaban J connectivity index is 1.56. The molecule has 2 aromatic heterocycles. The molecule has 0 atom stereocenters. The molecule has 2 aromatic rings. The standard InChI is InChI=1S/C15H20N4OS/c1-10-14(21-11(2)17-10)9-15(20)19-7-4-12(5-8-19)13-3-6-16-18-13/h3,6,12H,4-5,7-9H2,1-2H3,(H,16,18). The first-order valence-corrected chi connectivity index (χ1v) is 8.15.